The summed E-state index contributed by atoms with van der Waals surface area (Å²) in [6, 6.07) is 10.0. The number of nitrogens with two attached hydrogens (primary N) is 1. The molecule has 5 nitrogen and oxygen atoms in total. The fraction of sp³-hybridized carbons (Fsp3) is 0.154. The highest BCUT2D eigenvalue weighted by atomic mass is 35.5. The first-order chi connectivity index (χ1) is 9.41. The first-order valence-electron chi connectivity index (χ1n) is 5.82. The van der Waals surface area contributed by atoms with E-state index >= 15 is 0 Å². The fourth-order valence-corrected chi connectivity index (χ4v) is 2.97. The van der Waals surface area contributed by atoms with Crippen LogP contribution in [-0.2, 0) is 16.6 Å². The molecule has 20 heavy (non-hydrogen) atoms. The highest BCUT2D eigenvalue weighted by Crippen LogP contribution is 2.20. The highest BCUT2D eigenvalue weighted by molar-refractivity contribution is 7.89. The van der Waals surface area contributed by atoms with E-state index < -0.39 is 10.0 Å². The number of benzene rings is 1. The van der Waals surface area contributed by atoms with Gasteiger partial charge in [-0.3, -0.25) is 0 Å². The predicted molar refractivity (Wildman–Crippen MR) is 78.8 cm³/mol. The molecule has 0 aliphatic rings. The molecule has 0 radical (unpaired) electrons. The standard InChI is InChI=1S/C13H14ClN3O2S/c1-17(9-10-4-2-3-5-12(10)14)20(18,19)11-6-7-13(15)16-8-11/h2-8H,9H2,1H3,(H2,15,16). The molecule has 0 aliphatic carbocycles. The number of hydrogen-bond donors (Lipinski definition) is 1. The minimum atomic E-state index is -3.61. The van der Waals surface area contributed by atoms with Crippen molar-refractivity contribution in [3.8, 4) is 0 Å². The SMILES string of the molecule is CN(Cc1ccccc1Cl)S(=O)(=O)c1ccc(N)nc1. The molecule has 0 aliphatic heterocycles. The maximum atomic E-state index is 12.4. The lowest BCUT2D eigenvalue weighted by Gasteiger charge is -2.17. The van der Waals surface area contributed by atoms with Crippen molar-refractivity contribution in [3.63, 3.8) is 0 Å². The molecular weight excluding hydrogens is 298 g/mol. The van der Waals surface area contributed by atoms with Crippen molar-refractivity contribution in [2.45, 2.75) is 11.4 Å². The molecule has 0 saturated heterocycles. The van der Waals surface area contributed by atoms with Crippen LogP contribution in [0.3, 0.4) is 0 Å². The van der Waals surface area contributed by atoms with Crippen LogP contribution < -0.4 is 5.73 Å². The van der Waals surface area contributed by atoms with Crippen LogP contribution in [0.2, 0.25) is 5.02 Å². The molecule has 0 atom stereocenters. The van der Waals surface area contributed by atoms with Gasteiger partial charge in [0, 0.05) is 24.8 Å². The van der Waals surface area contributed by atoms with Crippen LogP contribution in [0.4, 0.5) is 5.82 Å². The summed E-state index contributed by atoms with van der Waals surface area (Å²) in [6.07, 6.45) is 1.24. The van der Waals surface area contributed by atoms with E-state index in [0.717, 1.165) is 5.56 Å². The van der Waals surface area contributed by atoms with Crippen LogP contribution >= 0.6 is 11.6 Å². The lowest BCUT2D eigenvalue weighted by molar-refractivity contribution is 0.466. The van der Waals surface area contributed by atoms with Crippen LogP contribution in [0.15, 0.2) is 47.5 Å². The van der Waals surface area contributed by atoms with Crippen molar-refractivity contribution in [1.29, 1.82) is 0 Å². The molecule has 0 bridgehead atoms. The van der Waals surface area contributed by atoms with E-state index in [4.69, 9.17) is 17.3 Å². The molecule has 0 amide bonds. The Morgan fingerprint density at radius 3 is 2.55 bits per heavy atom. The van der Waals surface area contributed by atoms with Gasteiger partial charge in [0.25, 0.3) is 0 Å². The molecule has 2 rings (SSSR count). The van der Waals surface area contributed by atoms with Crippen molar-refractivity contribution < 1.29 is 8.42 Å². The Kier molecular flexibility index (Phi) is 4.27. The van der Waals surface area contributed by atoms with E-state index in [1.165, 1.54) is 29.7 Å². The van der Waals surface area contributed by atoms with Gasteiger partial charge >= 0.3 is 0 Å². The third-order valence-electron chi connectivity index (χ3n) is 2.82. The van der Waals surface area contributed by atoms with Gasteiger partial charge in [-0.15, -0.1) is 0 Å². The molecule has 2 aromatic rings. The monoisotopic (exact) mass is 311 g/mol. The van der Waals surface area contributed by atoms with Gasteiger partial charge in [0.05, 0.1) is 0 Å². The molecule has 0 fully saturated rings. The maximum Gasteiger partial charge on any atom is 0.244 e. The molecule has 1 heterocycles. The quantitative estimate of drug-likeness (QED) is 0.938. The maximum absolute atomic E-state index is 12.4. The number of pyridine rings is 1. The number of nitrogens with zero attached hydrogens (tertiary/aromatic N) is 2. The van der Waals surface area contributed by atoms with E-state index in [0.29, 0.717) is 5.02 Å². The largest absolute Gasteiger partial charge is 0.384 e. The summed E-state index contributed by atoms with van der Waals surface area (Å²) in [5.41, 5.74) is 6.19. The van der Waals surface area contributed by atoms with Crippen molar-refractivity contribution in [3.05, 3.63) is 53.2 Å². The Bertz CT molecular complexity index is 702. The third kappa shape index (κ3) is 3.09. The van der Waals surface area contributed by atoms with E-state index in [9.17, 15) is 8.42 Å². The van der Waals surface area contributed by atoms with Crippen molar-refractivity contribution >= 4 is 27.4 Å². The van der Waals surface area contributed by atoms with E-state index in [1.54, 1.807) is 18.2 Å². The Morgan fingerprint density at radius 2 is 1.95 bits per heavy atom. The fourth-order valence-electron chi connectivity index (χ4n) is 1.68. The normalized spacial score (nSPS) is 11.8. The molecule has 0 unspecified atom stereocenters. The van der Waals surface area contributed by atoms with Crippen molar-refractivity contribution in [2.24, 2.45) is 0 Å². The second kappa shape index (κ2) is 5.78. The van der Waals surface area contributed by atoms with Crippen molar-refractivity contribution in [1.82, 2.24) is 9.29 Å². The Morgan fingerprint density at radius 1 is 1.25 bits per heavy atom. The summed E-state index contributed by atoms with van der Waals surface area (Å²) in [4.78, 5) is 3.90. The summed E-state index contributed by atoms with van der Waals surface area (Å²) < 4.78 is 25.9. The van der Waals surface area contributed by atoms with Gasteiger partial charge in [0.2, 0.25) is 10.0 Å². The van der Waals surface area contributed by atoms with Gasteiger partial charge in [-0.05, 0) is 23.8 Å². The van der Waals surface area contributed by atoms with Crippen LogP contribution in [0, 0.1) is 0 Å². The van der Waals surface area contributed by atoms with E-state index in [1.807, 2.05) is 6.07 Å². The molecule has 106 valence electrons. The number of rotatable bonds is 4. The Hall–Kier alpha value is -1.63. The van der Waals surface area contributed by atoms with E-state index in [-0.39, 0.29) is 17.3 Å². The summed E-state index contributed by atoms with van der Waals surface area (Å²) in [7, 11) is -2.12. The first-order valence-corrected chi connectivity index (χ1v) is 7.64. The number of anilines is 1. The number of halogens is 1. The summed E-state index contributed by atoms with van der Waals surface area (Å²) in [5, 5.41) is 0.532. The number of nitrogen functional groups attached to an aromatic ring is 1. The smallest absolute Gasteiger partial charge is 0.244 e. The minimum Gasteiger partial charge on any atom is -0.384 e. The molecule has 0 saturated carbocycles. The average Bonchev–Trinajstić information content (AvgIpc) is 2.41. The van der Waals surface area contributed by atoms with E-state index in [2.05, 4.69) is 4.98 Å². The van der Waals surface area contributed by atoms with Gasteiger partial charge in [-0.2, -0.15) is 4.31 Å². The zero-order valence-corrected chi connectivity index (χ0v) is 12.4. The molecular formula is C13H14ClN3O2S. The molecule has 7 heteroatoms. The second-order valence-corrected chi connectivity index (χ2v) is 6.72. The van der Waals surface area contributed by atoms with Gasteiger partial charge in [0.1, 0.15) is 10.7 Å². The highest BCUT2D eigenvalue weighted by Gasteiger charge is 2.21. The molecule has 2 N–H and O–H groups in total. The minimum absolute atomic E-state index is 0.0984. The summed E-state index contributed by atoms with van der Waals surface area (Å²) in [5.74, 6) is 0.276. The van der Waals surface area contributed by atoms with Crippen LogP contribution in [0.25, 0.3) is 0 Å². The lowest BCUT2D eigenvalue weighted by Crippen LogP contribution is -2.26. The summed E-state index contributed by atoms with van der Waals surface area (Å²) >= 11 is 6.03. The van der Waals surface area contributed by atoms with Gasteiger partial charge in [0.15, 0.2) is 0 Å². The summed E-state index contributed by atoms with van der Waals surface area (Å²) in [6.45, 7) is 0.187. The molecule has 1 aromatic carbocycles. The molecule has 0 spiro atoms. The lowest BCUT2D eigenvalue weighted by atomic mass is 10.2. The number of aromatic nitrogens is 1. The van der Waals surface area contributed by atoms with Gasteiger partial charge in [-0.1, -0.05) is 29.8 Å². The second-order valence-electron chi connectivity index (χ2n) is 4.27. The zero-order valence-electron chi connectivity index (χ0n) is 10.8. The number of sulfonamides is 1. The van der Waals surface area contributed by atoms with Crippen LogP contribution in [0.5, 0.6) is 0 Å². The number of hydrogen-bond acceptors (Lipinski definition) is 4. The van der Waals surface area contributed by atoms with Gasteiger partial charge in [-0.25, -0.2) is 13.4 Å². The first kappa shape index (κ1) is 14.8. The average molecular weight is 312 g/mol. The van der Waals surface area contributed by atoms with Crippen molar-refractivity contribution in [2.75, 3.05) is 12.8 Å². The van der Waals surface area contributed by atoms with Gasteiger partial charge < -0.3 is 5.73 Å². The topological polar surface area (TPSA) is 76.3 Å². The van der Waals surface area contributed by atoms with Crippen LogP contribution in [-0.4, -0.2) is 24.8 Å². The Balaban J connectivity index is 2.26. The molecule has 1 aromatic heterocycles. The zero-order chi connectivity index (χ0) is 14.8. The predicted octanol–water partition coefficient (Wildman–Crippen LogP) is 2.14. The van der Waals surface area contributed by atoms with Crippen LogP contribution in [0.1, 0.15) is 5.56 Å². The Labute approximate surface area is 123 Å². The third-order valence-corrected chi connectivity index (χ3v) is 4.97.